The molecule has 0 aliphatic rings. The number of rotatable bonds is 5. The van der Waals surface area contributed by atoms with Gasteiger partial charge < -0.3 is 11.1 Å². The summed E-state index contributed by atoms with van der Waals surface area (Å²) >= 11 is 8.27. The Kier molecular flexibility index (Phi) is 6.08. The standard InChI is InChI=1S/C14H20ClIN2O/c1-9(2)7-14(3,8-17)18-13(19)11-5-4-10(16)6-12(11)15/h4-6,9H,7-8,17H2,1-3H3,(H,18,19). The molecule has 0 fully saturated rings. The van der Waals surface area contributed by atoms with E-state index >= 15 is 0 Å². The molecule has 0 saturated carbocycles. The maximum Gasteiger partial charge on any atom is 0.253 e. The Morgan fingerprint density at radius 2 is 2.16 bits per heavy atom. The third-order valence-corrected chi connectivity index (χ3v) is 3.88. The fourth-order valence-corrected chi connectivity index (χ4v) is 3.04. The van der Waals surface area contributed by atoms with Crippen molar-refractivity contribution in [1.82, 2.24) is 5.32 Å². The maximum absolute atomic E-state index is 12.3. The van der Waals surface area contributed by atoms with E-state index in [0.29, 0.717) is 23.0 Å². The highest BCUT2D eigenvalue weighted by atomic mass is 127. The van der Waals surface area contributed by atoms with Crippen LogP contribution in [0, 0.1) is 9.49 Å². The average molecular weight is 395 g/mol. The molecule has 5 heteroatoms. The first-order valence-electron chi connectivity index (χ1n) is 6.25. The van der Waals surface area contributed by atoms with E-state index in [2.05, 4.69) is 41.8 Å². The Bertz CT molecular complexity index is 465. The zero-order valence-corrected chi connectivity index (χ0v) is 14.4. The summed E-state index contributed by atoms with van der Waals surface area (Å²) < 4.78 is 1.00. The molecule has 3 N–H and O–H groups in total. The molecule has 1 rings (SSSR count). The van der Waals surface area contributed by atoms with Crippen LogP contribution in [0.3, 0.4) is 0 Å². The molecule has 0 radical (unpaired) electrons. The normalized spacial score (nSPS) is 14.3. The van der Waals surface area contributed by atoms with Crippen LogP contribution in [0.2, 0.25) is 5.02 Å². The van der Waals surface area contributed by atoms with Gasteiger partial charge in [0.2, 0.25) is 0 Å². The van der Waals surface area contributed by atoms with Crippen LogP contribution in [0.4, 0.5) is 0 Å². The number of hydrogen-bond donors (Lipinski definition) is 2. The monoisotopic (exact) mass is 394 g/mol. The van der Waals surface area contributed by atoms with Crippen LogP contribution >= 0.6 is 34.2 Å². The topological polar surface area (TPSA) is 55.1 Å². The lowest BCUT2D eigenvalue weighted by Crippen LogP contribution is -2.52. The molecular formula is C14H20ClIN2O. The number of halogens is 2. The lowest BCUT2D eigenvalue weighted by molar-refractivity contribution is 0.0898. The second kappa shape index (κ2) is 6.90. The summed E-state index contributed by atoms with van der Waals surface area (Å²) in [5.41, 5.74) is 5.88. The van der Waals surface area contributed by atoms with Crippen molar-refractivity contribution in [3.8, 4) is 0 Å². The molecule has 1 aromatic rings. The highest BCUT2D eigenvalue weighted by Crippen LogP contribution is 2.21. The molecule has 0 aromatic heterocycles. The molecular weight excluding hydrogens is 375 g/mol. The smallest absolute Gasteiger partial charge is 0.253 e. The number of amides is 1. The molecule has 1 aromatic carbocycles. The van der Waals surface area contributed by atoms with Crippen molar-refractivity contribution in [3.05, 3.63) is 32.4 Å². The van der Waals surface area contributed by atoms with Crippen molar-refractivity contribution in [2.45, 2.75) is 32.7 Å². The lowest BCUT2D eigenvalue weighted by atomic mass is 9.90. The number of carbonyl (C=O) groups is 1. The van der Waals surface area contributed by atoms with Gasteiger partial charge in [-0.2, -0.15) is 0 Å². The minimum atomic E-state index is -0.405. The summed E-state index contributed by atoms with van der Waals surface area (Å²) in [6, 6.07) is 5.38. The van der Waals surface area contributed by atoms with Gasteiger partial charge in [0.05, 0.1) is 10.6 Å². The summed E-state index contributed by atoms with van der Waals surface area (Å²) in [6.45, 7) is 6.58. The predicted octanol–water partition coefficient (Wildman–Crippen LogP) is 3.44. The first-order chi connectivity index (χ1) is 8.77. The average Bonchev–Trinajstić information content (AvgIpc) is 2.27. The lowest BCUT2D eigenvalue weighted by Gasteiger charge is -2.31. The third kappa shape index (κ3) is 4.93. The van der Waals surface area contributed by atoms with Crippen LogP contribution in [0.5, 0.6) is 0 Å². The molecule has 0 heterocycles. The van der Waals surface area contributed by atoms with Crippen LogP contribution in [-0.4, -0.2) is 18.0 Å². The van der Waals surface area contributed by atoms with E-state index in [1.807, 2.05) is 13.0 Å². The van der Waals surface area contributed by atoms with Gasteiger partial charge in [-0.25, -0.2) is 0 Å². The number of hydrogen-bond acceptors (Lipinski definition) is 2. The summed E-state index contributed by atoms with van der Waals surface area (Å²) in [5, 5.41) is 3.47. The molecule has 0 spiro atoms. The molecule has 3 nitrogen and oxygen atoms in total. The van der Waals surface area contributed by atoms with Gasteiger partial charge in [-0.05, 0) is 60.1 Å². The van der Waals surface area contributed by atoms with Crippen molar-refractivity contribution < 1.29 is 4.79 Å². The van der Waals surface area contributed by atoms with Gasteiger partial charge in [0.25, 0.3) is 5.91 Å². The first kappa shape index (κ1) is 16.7. The molecule has 1 atom stereocenters. The second-order valence-corrected chi connectivity index (χ2v) is 7.09. The molecule has 0 aliphatic heterocycles. The van der Waals surface area contributed by atoms with E-state index in [1.165, 1.54) is 0 Å². The molecule has 0 aliphatic carbocycles. The van der Waals surface area contributed by atoms with Gasteiger partial charge >= 0.3 is 0 Å². The highest BCUT2D eigenvalue weighted by Gasteiger charge is 2.27. The van der Waals surface area contributed by atoms with Crippen molar-refractivity contribution in [1.29, 1.82) is 0 Å². The van der Waals surface area contributed by atoms with Crippen LogP contribution < -0.4 is 11.1 Å². The van der Waals surface area contributed by atoms with Gasteiger partial charge in [-0.1, -0.05) is 25.4 Å². The Labute approximate surface area is 133 Å². The summed E-state index contributed by atoms with van der Waals surface area (Å²) in [4.78, 5) is 12.3. The van der Waals surface area contributed by atoms with Crippen LogP contribution in [0.15, 0.2) is 18.2 Å². The Morgan fingerprint density at radius 3 is 2.63 bits per heavy atom. The van der Waals surface area contributed by atoms with Gasteiger partial charge in [-0.3, -0.25) is 4.79 Å². The summed E-state index contributed by atoms with van der Waals surface area (Å²) in [6.07, 6.45) is 0.831. The van der Waals surface area contributed by atoms with Crippen molar-refractivity contribution in [3.63, 3.8) is 0 Å². The molecule has 0 saturated heterocycles. The Hall–Kier alpha value is -0.330. The number of nitrogens with two attached hydrogens (primary N) is 1. The summed E-state index contributed by atoms with van der Waals surface area (Å²) in [7, 11) is 0. The Morgan fingerprint density at radius 1 is 1.53 bits per heavy atom. The SMILES string of the molecule is CC(C)CC(C)(CN)NC(=O)c1ccc(I)cc1Cl. The largest absolute Gasteiger partial charge is 0.346 e. The van der Waals surface area contributed by atoms with Crippen molar-refractivity contribution in [2.75, 3.05) is 6.54 Å². The molecule has 1 amide bonds. The number of nitrogens with one attached hydrogen (secondary N) is 1. The van der Waals surface area contributed by atoms with Gasteiger partial charge in [0.15, 0.2) is 0 Å². The minimum Gasteiger partial charge on any atom is -0.346 e. The minimum absolute atomic E-state index is 0.171. The molecule has 0 bridgehead atoms. The van der Waals surface area contributed by atoms with E-state index in [1.54, 1.807) is 12.1 Å². The van der Waals surface area contributed by atoms with Gasteiger partial charge in [-0.15, -0.1) is 0 Å². The van der Waals surface area contributed by atoms with E-state index in [-0.39, 0.29) is 5.91 Å². The fraction of sp³-hybridized carbons (Fsp3) is 0.500. The van der Waals surface area contributed by atoms with E-state index in [4.69, 9.17) is 17.3 Å². The third-order valence-electron chi connectivity index (χ3n) is 2.90. The van der Waals surface area contributed by atoms with Gasteiger partial charge in [0.1, 0.15) is 0 Å². The predicted molar refractivity (Wildman–Crippen MR) is 88.5 cm³/mol. The van der Waals surface area contributed by atoms with Crippen LogP contribution in [-0.2, 0) is 0 Å². The number of carbonyl (C=O) groups excluding carboxylic acids is 1. The van der Waals surface area contributed by atoms with Crippen LogP contribution in [0.25, 0.3) is 0 Å². The zero-order chi connectivity index (χ0) is 14.6. The second-order valence-electron chi connectivity index (χ2n) is 5.44. The molecule has 106 valence electrons. The van der Waals surface area contributed by atoms with E-state index in [0.717, 1.165) is 9.99 Å². The molecule has 19 heavy (non-hydrogen) atoms. The van der Waals surface area contributed by atoms with Crippen LogP contribution in [0.1, 0.15) is 37.6 Å². The maximum atomic E-state index is 12.3. The quantitative estimate of drug-likeness (QED) is 0.752. The van der Waals surface area contributed by atoms with Gasteiger partial charge in [0, 0.05) is 15.7 Å². The zero-order valence-electron chi connectivity index (χ0n) is 11.5. The van der Waals surface area contributed by atoms with E-state index in [9.17, 15) is 4.79 Å². The summed E-state index contributed by atoms with van der Waals surface area (Å²) in [5.74, 6) is 0.288. The molecule has 1 unspecified atom stereocenters. The fourth-order valence-electron chi connectivity index (χ4n) is 2.10. The highest BCUT2D eigenvalue weighted by molar-refractivity contribution is 14.1. The van der Waals surface area contributed by atoms with Crippen molar-refractivity contribution >= 4 is 40.1 Å². The Balaban J connectivity index is 2.88. The van der Waals surface area contributed by atoms with Crippen molar-refractivity contribution in [2.24, 2.45) is 11.7 Å². The number of benzene rings is 1. The van der Waals surface area contributed by atoms with E-state index < -0.39 is 5.54 Å². The first-order valence-corrected chi connectivity index (χ1v) is 7.71.